The zero-order chi connectivity index (χ0) is 18.5. The molecule has 0 atom stereocenters. The summed E-state index contributed by atoms with van der Waals surface area (Å²) in [5.74, 6) is 2.41. The van der Waals surface area contributed by atoms with Gasteiger partial charge < -0.3 is 9.47 Å². The molecule has 1 aliphatic rings. The fourth-order valence-electron chi connectivity index (χ4n) is 3.15. The summed E-state index contributed by atoms with van der Waals surface area (Å²) < 4.78 is 10.8. The molecule has 4 nitrogen and oxygen atoms in total. The van der Waals surface area contributed by atoms with E-state index < -0.39 is 0 Å². The smallest absolute Gasteiger partial charge is 0.168 e. The molecular weight excluding hydrogens is 346 g/mol. The van der Waals surface area contributed by atoms with Crippen molar-refractivity contribution in [3.05, 3.63) is 58.7 Å². The summed E-state index contributed by atoms with van der Waals surface area (Å²) in [5, 5.41) is 0. The number of hydrogen-bond acceptors (Lipinski definition) is 5. The SMILES string of the molecule is COc1cc2c(cc1OC)C(CC(=O)c1ccc(CSC)cc1)=NCC2. The van der Waals surface area contributed by atoms with Crippen molar-refractivity contribution in [3.63, 3.8) is 0 Å². The summed E-state index contributed by atoms with van der Waals surface area (Å²) in [6, 6.07) is 11.8. The Balaban J connectivity index is 1.82. The number of ether oxygens (including phenoxy) is 2. The maximum Gasteiger partial charge on any atom is 0.168 e. The number of fused-ring (bicyclic) bond motifs is 1. The van der Waals surface area contributed by atoms with Gasteiger partial charge in [-0.25, -0.2) is 0 Å². The van der Waals surface area contributed by atoms with Crippen LogP contribution in [0.3, 0.4) is 0 Å². The molecule has 1 heterocycles. The summed E-state index contributed by atoms with van der Waals surface area (Å²) in [6.07, 6.45) is 3.21. The molecule has 2 aromatic carbocycles. The van der Waals surface area contributed by atoms with Gasteiger partial charge in [-0.2, -0.15) is 11.8 Å². The molecule has 0 spiro atoms. The van der Waals surface area contributed by atoms with E-state index >= 15 is 0 Å². The highest BCUT2D eigenvalue weighted by Crippen LogP contribution is 2.33. The van der Waals surface area contributed by atoms with Gasteiger partial charge in [0.2, 0.25) is 0 Å². The second kappa shape index (κ2) is 8.41. The first kappa shape index (κ1) is 18.5. The first-order valence-electron chi connectivity index (χ1n) is 8.56. The third-order valence-corrected chi connectivity index (χ3v) is 5.14. The Bertz CT molecular complexity index is 828. The Morgan fingerprint density at radius 3 is 2.46 bits per heavy atom. The number of rotatable bonds is 7. The maximum absolute atomic E-state index is 12.7. The van der Waals surface area contributed by atoms with E-state index in [0.29, 0.717) is 24.5 Å². The van der Waals surface area contributed by atoms with Crippen LogP contribution in [0.1, 0.15) is 33.5 Å². The van der Waals surface area contributed by atoms with Crippen molar-refractivity contribution in [3.8, 4) is 11.5 Å². The van der Waals surface area contributed by atoms with Gasteiger partial charge in [0.05, 0.1) is 26.4 Å². The van der Waals surface area contributed by atoms with Crippen LogP contribution in [-0.2, 0) is 12.2 Å². The van der Waals surface area contributed by atoms with Crippen LogP contribution in [-0.4, -0.2) is 38.5 Å². The Kier molecular flexibility index (Phi) is 5.99. The predicted octanol–water partition coefficient (Wildman–Crippen LogP) is 4.19. The zero-order valence-corrected chi connectivity index (χ0v) is 16.2. The van der Waals surface area contributed by atoms with Crippen LogP contribution in [0.25, 0.3) is 0 Å². The lowest BCUT2D eigenvalue weighted by molar-refractivity contribution is 0.100. The fraction of sp³-hybridized carbons (Fsp3) is 0.333. The molecule has 1 aliphatic heterocycles. The average molecular weight is 369 g/mol. The van der Waals surface area contributed by atoms with Crippen LogP contribution in [0, 0.1) is 0 Å². The molecule has 0 unspecified atom stereocenters. The van der Waals surface area contributed by atoms with Gasteiger partial charge in [-0.3, -0.25) is 9.79 Å². The molecule has 3 rings (SSSR count). The number of nitrogens with zero attached hydrogens (tertiary/aromatic N) is 1. The van der Waals surface area contributed by atoms with Gasteiger partial charge in [0.15, 0.2) is 17.3 Å². The number of ketones is 1. The van der Waals surface area contributed by atoms with E-state index in [-0.39, 0.29) is 5.78 Å². The lowest BCUT2D eigenvalue weighted by Crippen LogP contribution is -2.17. The molecule has 0 radical (unpaired) electrons. The maximum atomic E-state index is 12.7. The van der Waals surface area contributed by atoms with E-state index in [9.17, 15) is 4.79 Å². The molecule has 2 aromatic rings. The number of Topliss-reactive ketones (excluding diaryl/α,β-unsaturated/α-hetero) is 1. The molecule has 0 aliphatic carbocycles. The summed E-state index contributed by atoms with van der Waals surface area (Å²) in [7, 11) is 3.25. The highest BCUT2D eigenvalue weighted by atomic mass is 32.2. The molecule has 0 aromatic heterocycles. The van der Waals surface area contributed by atoms with E-state index in [0.717, 1.165) is 34.6 Å². The number of thioether (sulfide) groups is 1. The van der Waals surface area contributed by atoms with Gasteiger partial charge in [0.1, 0.15) is 0 Å². The molecule has 0 N–H and O–H groups in total. The Labute approximate surface area is 158 Å². The molecule has 5 heteroatoms. The van der Waals surface area contributed by atoms with Crippen molar-refractivity contribution in [2.45, 2.75) is 18.6 Å². The summed E-state index contributed by atoms with van der Waals surface area (Å²) in [6.45, 7) is 0.692. The second-order valence-corrected chi connectivity index (χ2v) is 7.04. The number of hydrogen-bond donors (Lipinski definition) is 0. The van der Waals surface area contributed by atoms with Crippen molar-refractivity contribution in [2.75, 3.05) is 27.0 Å². The van der Waals surface area contributed by atoms with E-state index in [1.807, 2.05) is 36.4 Å². The van der Waals surface area contributed by atoms with Crippen molar-refractivity contribution < 1.29 is 14.3 Å². The van der Waals surface area contributed by atoms with Gasteiger partial charge in [-0.15, -0.1) is 0 Å². The van der Waals surface area contributed by atoms with Crippen LogP contribution < -0.4 is 9.47 Å². The van der Waals surface area contributed by atoms with E-state index in [4.69, 9.17) is 9.47 Å². The monoisotopic (exact) mass is 369 g/mol. The van der Waals surface area contributed by atoms with Crippen LogP contribution in [0.15, 0.2) is 41.4 Å². The third kappa shape index (κ3) is 3.93. The van der Waals surface area contributed by atoms with Crippen LogP contribution in [0.4, 0.5) is 0 Å². The number of carbonyl (C=O) groups is 1. The van der Waals surface area contributed by atoms with Gasteiger partial charge in [0.25, 0.3) is 0 Å². The van der Waals surface area contributed by atoms with Crippen LogP contribution >= 0.6 is 11.8 Å². The number of benzene rings is 2. The van der Waals surface area contributed by atoms with Gasteiger partial charge in [-0.05, 0) is 35.9 Å². The standard InChI is InChI=1S/C21H23NO3S/c1-24-20-10-16-8-9-22-18(17(16)11-21(20)25-2)12-19(23)15-6-4-14(5-7-15)13-26-3/h4-7,10-11H,8-9,12-13H2,1-3H3. The zero-order valence-electron chi connectivity index (χ0n) is 15.4. The minimum Gasteiger partial charge on any atom is -0.493 e. The Morgan fingerprint density at radius 1 is 1.12 bits per heavy atom. The quantitative estimate of drug-likeness (QED) is 0.687. The number of carbonyl (C=O) groups excluding carboxylic acids is 1. The first-order valence-corrected chi connectivity index (χ1v) is 9.95. The molecule has 0 bridgehead atoms. The summed E-state index contributed by atoms with van der Waals surface area (Å²) >= 11 is 1.77. The lowest BCUT2D eigenvalue weighted by atomic mass is 9.92. The predicted molar refractivity (Wildman–Crippen MR) is 107 cm³/mol. The molecule has 136 valence electrons. The summed E-state index contributed by atoms with van der Waals surface area (Å²) in [5.41, 5.74) is 4.92. The first-order chi connectivity index (χ1) is 12.7. The Hall–Kier alpha value is -2.27. The third-order valence-electron chi connectivity index (χ3n) is 4.52. The Morgan fingerprint density at radius 2 is 1.81 bits per heavy atom. The van der Waals surface area contributed by atoms with Crippen molar-refractivity contribution in [2.24, 2.45) is 4.99 Å². The van der Waals surface area contributed by atoms with Crippen molar-refractivity contribution >= 4 is 23.3 Å². The molecule has 0 saturated carbocycles. The van der Waals surface area contributed by atoms with Gasteiger partial charge in [0, 0.05) is 23.4 Å². The van der Waals surface area contributed by atoms with Crippen molar-refractivity contribution in [1.29, 1.82) is 0 Å². The van der Waals surface area contributed by atoms with Gasteiger partial charge in [-0.1, -0.05) is 24.3 Å². The largest absolute Gasteiger partial charge is 0.493 e. The molecule has 0 saturated heterocycles. The van der Waals surface area contributed by atoms with Crippen LogP contribution in [0.5, 0.6) is 11.5 Å². The second-order valence-electron chi connectivity index (χ2n) is 6.17. The molecule has 26 heavy (non-hydrogen) atoms. The van der Waals surface area contributed by atoms with Crippen LogP contribution in [0.2, 0.25) is 0 Å². The topological polar surface area (TPSA) is 47.9 Å². The van der Waals surface area contributed by atoms with E-state index in [1.165, 1.54) is 5.56 Å². The number of methoxy groups -OCH3 is 2. The van der Waals surface area contributed by atoms with E-state index in [2.05, 4.69) is 11.2 Å². The fourth-order valence-corrected chi connectivity index (χ4v) is 3.68. The van der Waals surface area contributed by atoms with Crippen molar-refractivity contribution in [1.82, 2.24) is 0 Å². The van der Waals surface area contributed by atoms with Gasteiger partial charge >= 0.3 is 0 Å². The summed E-state index contributed by atoms with van der Waals surface area (Å²) in [4.78, 5) is 17.3. The highest BCUT2D eigenvalue weighted by molar-refractivity contribution is 7.97. The number of aliphatic imine (C=N–C) groups is 1. The highest BCUT2D eigenvalue weighted by Gasteiger charge is 2.21. The van der Waals surface area contributed by atoms with E-state index in [1.54, 1.807) is 26.0 Å². The lowest BCUT2D eigenvalue weighted by Gasteiger charge is -2.19. The normalized spacial score (nSPS) is 13.0. The molecule has 0 amide bonds. The molecule has 0 fully saturated rings. The minimum absolute atomic E-state index is 0.0853. The average Bonchev–Trinajstić information content (AvgIpc) is 2.68. The molecular formula is C21H23NO3S. The minimum atomic E-state index is 0.0853.